The fourth-order valence-electron chi connectivity index (χ4n) is 3.98. The van der Waals surface area contributed by atoms with Crippen molar-refractivity contribution in [1.29, 1.82) is 0 Å². The van der Waals surface area contributed by atoms with Gasteiger partial charge >= 0.3 is 0 Å². The molecule has 6 nitrogen and oxygen atoms in total. The fourth-order valence-corrected chi connectivity index (χ4v) is 3.98. The van der Waals surface area contributed by atoms with Gasteiger partial charge in [0.15, 0.2) is 0 Å². The highest BCUT2D eigenvalue weighted by Crippen LogP contribution is 2.19. The van der Waals surface area contributed by atoms with E-state index in [-0.39, 0.29) is 0 Å². The van der Waals surface area contributed by atoms with Gasteiger partial charge in [-0.05, 0) is 47.6 Å². The van der Waals surface area contributed by atoms with E-state index in [4.69, 9.17) is 14.2 Å². The van der Waals surface area contributed by atoms with Crippen LogP contribution in [-0.4, -0.2) is 112 Å². The van der Waals surface area contributed by atoms with E-state index in [2.05, 4.69) is 49.4 Å². The molecule has 0 aliphatic carbocycles. The Morgan fingerprint density at radius 3 is 2.33 bits per heavy atom. The Balaban J connectivity index is 1.64. The van der Waals surface area contributed by atoms with E-state index < -0.39 is 0 Å². The summed E-state index contributed by atoms with van der Waals surface area (Å²) in [5.74, 6) is 0. The van der Waals surface area contributed by atoms with E-state index in [9.17, 15) is 0 Å². The lowest BCUT2D eigenvalue weighted by Crippen LogP contribution is -2.56. The highest BCUT2D eigenvalue weighted by atomic mass is 16.5. The Morgan fingerprint density at radius 1 is 0.963 bits per heavy atom. The topological polar surface area (TPSA) is 37.4 Å². The molecule has 2 fully saturated rings. The summed E-state index contributed by atoms with van der Waals surface area (Å²) in [6, 6.07) is 1.21. The van der Waals surface area contributed by atoms with Crippen molar-refractivity contribution in [3.8, 4) is 0 Å². The second kappa shape index (κ2) is 12.3. The van der Waals surface area contributed by atoms with Crippen molar-refractivity contribution in [3.05, 3.63) is 0 Å². The van der Waals surface area contributed by atoms with Gasteiger partial charge in [-0.3, -0.25) is 14.7 Å². The normalized spacial score (nSPS) is 27.3. The molecule has 0 spiro atoms. The molecular formula is C21H43N3O3. The molecule has 27 heavy (non-hydrogen) atoms. The smallest absolute Gasteiger partial charge is 0.0597 e. The maximum Gasteiger partial charge on any atom is 0.0597 e. The van der Waals surface area contributed by atoms with Crippen molar-refractivity contribution in [2.45, 2.75) is 64.8 Å². The molecule has 0 radical (unpaired) electrons. The molecule has 0 N–H and O–H groups in total. The number of piperazine rings is 1. The van der Waals surface area contributed by atoms with Crippen LogP contribution in [0.5, 0.6) is 0 Å². The summed E-state index contributed by atoms with van der Waals surface area (Å²) in [6.45, 7) is 18.6. The van der Waals surface area contributed by atoms with Gasteiger partial charge in [0.1, 0.15) is 0 Å². The van der Waals surface area contributed by atoms with E-state index in [1.54, 1.807) is 0 Å². The number of hydrogen-bond acceptors (Lipinski definition) is 6. The van der Waals surface area contributed by atoms with Gasteiger partial charge in [0.25, 0.3) is 0 Å². The van der Waals surface area contributed by atoms with Gasteiger partial charge in [0, 0.05) is 51.4 Å². The van der Waals surface area contributed by atoms with Crippen molar-refractivity contribution < 1.29 is 14.2 Å². The largest absolute Gasteiger partial charge is 0.379 e. The predicted molar refractivity (Wildman–Crippen MR) is 110 cm³/mol. The molecule has 2 rings (SSSR count). The molecule has 2 saturated heterocycles. The number of ether oxygens (including phenoxy) is 3. The number of morpholine rings is 1. The van der Waals surface area contributed by atoms with Gasteiger partial charge in [0.05, 0.1) is 38.6 Å². The summed E-state index contributed by atoms with van der Waals surface area (Å²) in [6.07, 6.45) is 2.97. The predicted octanol–water partition coefficient (Wildman–Crippen LogP) is 1.93. The Hall–Kier alpha value is -0.240. The first-order valence-corrected chi connectivity index (χ1v) is 10.9. The average molecular weight is 386 g/mol. The van der Waals surface area contributed by atoms with Crippen LogP contribution in [0, 0.1) is 0 Å². The van der Waals surface area contributed by atoms with Crippen molar-refractivity contribution in [2.24, 2.45) is 0 Å². The van der Waals surface area contributed by atoms with Crippen LogP contribution < -0.4 is 0 Å². The van der Waals surface area contributed by atoms with Crippen LogP contribution in [0.4, 0.5) is 0 Å². The second-order valence-electron chi connectivity index (χ2n) is 8.56. The minimum atomic E-state index is 0.321. The van der Waals surface area contributed by atoms with Gasteiger partial charge in [-0.25, -0.2) is 0 Å². The standard InChI is InChI=1S/C21H43N3O3/c1-18(2)26-14-11-24-16-19(3)22(5)21(17-24)7-6-20(4)27-15-10-23-8-12-25-13-9-23/h18-21H,6-17H2,1-5H3. The van der Waals surface area contributed by atoms with Crippen molar-refractivity contribution >= 4 is 0 Å². The number of likely N-dealkylation sites (N-methyl/N-ethyl adjacent to an activating group) is 1. The summed E-state index contributed by atoms with van der Waals surface area (Å²) in [4.78, 5) is 7.56. The van der Waals surface area contributed by atoms with Crippen LogP contribution >= 0.6 is 0 Å². The highest BCUT2D eigenvalue weighted by molar-refractivity contribution is 4.85. The average Bonchev–Trinajstić information content (AvgIpc) is 2.64. The summed E-state index contributed by atoms with van der Waals surface area (Å²) in [5.41, 5.74) is 0. The first-order valence-electron chi connectivity index (χ1n) is 10.9. The van der Waals surface area contributed by atoms with Crippen LogP contribution in [0.15, 0.2) is 0 Å². The summed E-state index contributed by atoms with van der Waals surface area (Å²) in [5, 5.41) is 0. The Morgan fingerprint density at radius 2 is 1.63 bits per heavy atom. The molecule has 0 bridgehead atoms. The van der Waals surface area contributed by atoms with Gasteiger partial charge in [-0.15, -0.1) is 0 Å². The molecule has 2 aliphatic rings. The third kappa shape index (κ3) is 8.75. The van der Waals surface area contributed by atoms with Gasteiger partial charge in [-0.2, -0.15) is 0 Å². The molecule has 2 heterocycles. The Bertz CT molecular complexity index is 391. The van der Waals surface area contributed by atoms with E-state index >= 15 is 0 Å². The van der Waals surface area contributed by atoms with Crippen molar-refractivity contribution in [2.75, 3.05) is 72.7 Å². The summed E-state index contributed by atoms with van der Waals surface area (Å²) in [7, 11) is 2.28. The lowest BCUT2D eigenvalue weighted by molar-refractivity contribution is -0.00701. The van der Waals surface area contributed by atoms with Gasteiger partial charge in [-0.1, -0.05) is 0 Å². The van der Waals surface area contributed by atoms with Crippen LogP contribution in [0.1, 0.15) is 40.5 Å². The number of rotatable bonds is 11. The maximum absolute atomic E-state index is 6.08. The van der Waals surface area contributed by atoms with Crippen LogP contribution in [0.3, 0.4) is 0 Å². The molecular weight excluding hydrogens is 342 g/mol. The van der Waals surface area contributed by atoms with E-state index in [0.717, 1.165) is 72.1 Å². The molecule has 3 atom stereocenters. The lowest BCUT2D eigenvalue weighted by atomic mass is 10.0. The first kappa shape index (κ1) is 23.0. The zero-order chi connectivity index (χ0) is 19.6. The number of nitrogens with zero attached hydrogens (tertiary/aromatic N) is 3. The Kier molecular flexibility index (Phi) is 10.5. The van der Waals surface area contributed by atoms with Gasteiger partial charge < -0.3 is 14.2 Å². The third-order valence-corrected chi connectivity index (χ3v) is 5.94. The monoisotopic (exact) mass is 385 g/mol. The summed E-state index contributed by atoms with van der Waals surface area (Å²) < 4.78 is 17.2. The van der Waals surface area contributed by atoms with Crippen LogP contribution in [0.25, 0.3) is 0 Å². The van der Waals surface area contributed by atoms with E-state index in [1.165, 1.54) is 6.42 Å². The van der Waals surface area contributed by atoms with Crippen molar-refractivity contribution in [3.63, 3.8) is 0 Å². The first-order chi connectivity index (χ1) is 13.0. The molecule has 2 aliphatic heterocycles. The highest BCUT2D eigenvalue weighted by Gasteiger charge is 2.29. The Labute approximate surface area is 167 Å². The minimum Gasteiger partial charge on any atom is -0.379 e. The zero-order valence-electron chi connectivity index (χ0n) is 18.4. The number of hydrogen-bond donors (Lipinski definition) is 0. The van der Waals surface area contributed by atoms with Crippen LogP contribution in [-0.2, 0) is 14.2 Å². The quantitative estimate of drug-likeness (QED) is 0.541. The molecule has 0 aromatic rings. The van der Waals surface area contributed by atoms with Crippen LogP contribution in [0.2, 0.25) is 0 Å². The van der Waals surface area contributed by atoms with Gasteiger partial charge in [0.2, 0.25) is 0 Å². The molecule has 6 heteroatoms. The molecule has 0 amide bonds. The molecule has 0 aromatic carbocycles. The maximum atomic E-state index is 6.08. The lowest BCUT2D eigenvalue weighted by Gasteiger charge is -2.44. The van der Waals surface area contributed by atoms with E-state index in [0.29, 0.717) is 24.3 Å². The summed E-state index contributed by atoms with van der Waals surface area (Å²) >= 11 is 0. The second-order valence-corrected chi connectivity index (χ2v) is 8.56. The molecule has 160 valence electrons. The van der Waals surface area contributed by atoms with E-state index in [1.807, 2.05) is 0 Å². The SMILES string of the molecule is CC(C)OCCN1CC(C)N(C)C(CCC(C)OCCN2CCOCC2)C1. The molecule has 0 saturated carbocycles. The third-order valence-electron chi connectivity index (χ3n) is 5.94. The minimum absolute atomic E-state index is 0.321. The fraction of sp³-hybridized carbons (Fsp3) is 1.00. The zero-order valence-corrected chi connectivity index (χ0v) is 18.4. The van der Waals surface area contributed by atoms with Crippen molar-refractivity contribution in [1.82, 2.24) is 14.7 Å². The molecule has 3 unspecified atom stereocenters. The molecule has 0 aromatic heterocycles.